The summed E-state index contributed by atoms with van der Waals surface area (Å²) in [5.41, 5.74) is 3.30. The summed E-state index contributed by atoms with van der Waals surface area (Å²) in [4.78, 5) is 17.3. The van der Waals surface area contributed by atoms with E-state index in [0.29, 0.717) is 17.6 Å². The number of likely N-dealkylation sites (N-methyl/N-ethyl adjacent to an activating group) is 1. The number of amides is 1. The Labute approximate surface area is 140 Å². The van der Waals surface area contributed by atoms with E-state index in [2.05, 4.69) is 39.5 Å². The first-order valence-electron chi connectivity index (χ1n) is 8.07. The Morgan fingerprint density at radius 2 is 1.88 bits per heavy atom. The van der Waals surface area contributed by atoms with Crippen LogP contribution in [0.5, 0.6) is 0 Å². The van der Waals surface area contributed by atoms with Crippen molar-refractivity contribution < 1.29 is 4.79 Å². The van der Waals surface area contributed by atoms with Crippen LogP contribution in [-0.2, 0) is 0 Å². The third kappa shape index (κ3) is 2.65. The van der Waals surface area contributed by atoms with Gasteiger partial charge in [0.2, 0.25) is 0 Å². The molecule has 3 aromatic rings. The van der Waals surface area contributed by atoms with Gasteiger partial charge in [-0.15, -0.1) is 0 Å². The molecule has 0 saturated carbocycles. The van der Waals surface area contributed by atoms with Gasteiger partial charge in [0.05, 0.1) is 6.04 Å². The van der Waals surface area contributed by atoms with Crippen LogP contribution in [0, 0.1) is 0 Å². The molecule has 2 aromatic carbocycles. The van der Waals surface area contributed by atoms with E-state index in [1.807, 2.05) is 41.3 Å². The molecule has 1 atom stereocenters. The van der Waals surface area contributed by atoms with E-state index in [4.69, 9.17) is 0 Å². The number of nitrogens with zero attached hydrogens (tertiary/aromatic N) is 4. The van der Waals surface area contributed by atoms with Crippen LogP contribution in [0.1, 0.15) is 22.0 Å². The van der Waals surface area contributed by atoms with Crippen molar-refractivity contribution in [3.8, 4) is 0 Å². The zero-order valence-corrected chi connectivity index (χ0v) is 13.5. The number of carbonyl (C=O) groups excluding carboxylic acids is 1. The maximum atomic E-state index is 13.1. The fraction of sp³-hybridized carbons (Fsp3) is 0.278. The molecular weight excluding hydrogens is 302 g/mol. The minimum absolute atomic E-state index is 0.0434. The van der Waals surface area contributed by atoms with Crippen molar-refractivity contribution in [2.45, 2.75) is 6.04 Å². The molecule has 6 heteroatoms. The summed E-state index contributed by atoms with van der Waals surface area (Å²) >= 11 is 0. The largest absolute Gasteiger partial charge is 0.329 e. The van der Waals surface area contributed by atoms with Gasteiger partial charge in [0.1, 0.15) is 11.0 Å². The Morgan fingerprint density at radius 1 is 1.08 bits per heavy atom. The summed E-state index contributed by atoms with van der Waals surface area (Å²) in [5, 5.41) is 10.7. The normalized spacial score (nSPS) is 18.9. The highest BCUT2D eigenvalue weighted by Gasteiger charge is 2.30. The van der Waals surface area contributed by atoms with Crippen molar-refractivity contribution in [2.75, 3.05) is 26.7 Å². The first kappa shape index (κ1) is 14.8. The van der Waals surface area contributed by atoms with E-state index in [1.54, 1.807) is 0 Å². The monoisotopic (exact) mass is 321 g/mol. The summed E-state index contributed by atoms with van der Waals surface area (Å²) in [7, 11) is 2.10. The number of benzene rings is 2. The fourth-order valence-corrected chi connectivity index (χ4v) is 3.26. The van der Waals surface area contributed by atoms with Crippen molar-refractivity contribution >= 4 is 16.9 Å². The molecule has 0 spiro atoms. The Bertz CT molecular complexity index is 860. The van der Waals surface area contributed by atoms with Gasteiger partial charge in [-0.1, -0.05) is 30.3 Å². The zero-order valence-electron chi connectivity index (χ0n) is 13.5. The molecule has 2 heterocycles. The molecule has 1 aliphatic heterocycles. The van der Waals surface area contributed by atoms with E-state index in [9.17, 15) is 4.79 Å². The lowest BCUT2D eigenvalue weighted by Gasteiger charge is -2.40. The number of hydrogen-bond donors (Lipinski definition) is 1. The second-order valence-electron chi connectivity index (χ2n) is 6.21. The molecule has 1 saturated heterocycles. The number of fused-ring (bicyclic) bond motifs is 1. The molecule has 24 heavy (non-hydrogen) atoms. The number of aromatic nitrogens is 3. The maximum absolute atomic E-state index is 13.1. The first-order valence-corrected chi connectivity index (χ1v) is 8.07. The minimum Gasteiger partial charge on any atom is -0.329 e. The predicted molar refractivity (Wildman–Crippen MR) is 91.6 cm³/mol. The van der Waals surface area contributed by atoms with Gasteiger partial charge in [0.25, 0.3) is 5.91 Å². The van der Waals surface area contributed by atoms with E-state index >= 15 is 0 Å². The molecule has 1 unspecified atom stereocenters. The number of hydrogen-bond acceptors (Lipinski definition) is 4. The van der Waals surface area contributed by atoms with Crippen molar-refractivity contribution in [3.63, 3.8) is 0 Å². The van der Waals surface area contributed by atoms with Gasteiger partial charge in [0.15, 0.2) is 0 Å². The minimum atomic E-state index is 0.0434. The second kappa shape index (κ2) is 6.05. The van der Waals surface area contributed by atoms with Gasteiger partial charge in [-0.3, -0.25) is 4.79 Å². The van der Waals surface area contributed by atoms with Crippen molar-refractivity contribution in [1.82, 2.24) is 25.2 Å². The number of H-pyrrole nitrogens is 1. The summed E-state index contributed by atoms with van der Waals surface area (Å²) in [6, 6.07) is 15.7. The van der Waals surface area contributed by atoms with Gasteiger partial charge in [-0.05, 0) is 30.8 Å². The molecule has 0 bridgehead atoms. The topological polar surface area (TPSA) is 65.1 Å². The van der Waals surface area contributed by atoms with E-state index in [-0.39, 0.29) is 11.9 Å². The van der Waals surface area contributed by atoms with Gasteiger partial charge < -0.3 is 9.80 Å². The van der Waals surface area contributed by atoms with Crippen LogP contribution in [0.2, 0.25) is 0 Å². The average molecular weight is 321 g/mol. The average Bonchev–Trinajstić information content (AvgIpc) is 3.09. The maximum Gasteiger partial charge on any atom is 0.254 e. The van der Waals surface area contributed by atoms with Gasteiger partial charge in [-0.2, -0.15) is 15.4 Å². The molecule has 4 rings (SSSR count). The molecular formula is C18H19N5O. The molecule has 1 N–H and O–H groups in total. The molecule has 122 valence electrons. The van der Waals surface area contributed by atoms with Crippen molar-refractivity contribution in [2.24, 2.45) is 0 Å². The smallest absolute Gasteiger partial charge is 0.254 e. The van der Waals surface area contributed by atoms with E-state index < -0.39 is 0 Å². The van der Waals surface area contributed by atoms with Crippen LogP contribution < -0.4 is 0 Å². The van der Waals surface area contributed by atoms with E-state index in [1.165, 1.54) is 5.56 Å². The van der Waals surface area contributed by atoms with Gasteiger partial charge in [0, 0.05) is 25.2 Å². The standard InChI is InChI=1S/C18H19N5O/c1-22-9-10-23(17(12-22)13-5-3-2-4-6-13)18(24)14-7-8-15-16(11-14)20-21-19-15/h2-8,11,17H,9-10,12H2,1H3,(H,19,20,21). The van der Waals surface area contributed by atoms with Crippen LogP contribution in [0.4, 0.5) is 0 Å². The molecule has 0 radical (unpaired) electrons. The Balaban J connectivity index is 1.67. The van der Waals surface area contributed by atoms with E-state index in [0.717, 1.165) is 18.6 Å². The second-order valence-corrected chi connectivity index (χ2v) is 6.21. The lowest BCUT2D eigenvalue weighted by molar-refractivity contribution is 0.0498. The third-order valence-electron chi connectivity index (χ3n) is 4.59. The molecule has 1 fully saturated rings. The van der Waals surface area contributed by atoms with Gasteiger partial charge >= 0.3 is 0 Å². The third-order valence-corrected chi connectivity index (χ3v) is 4.59. The molecule has 0 aliphatic carbocycles. The summed E-state index contributed by atoms with van der Waals surface area (Å²) < 4.78 is 0. The highest BCUT2D eigenvalue weighted by molar-refractivity contribution is 5.97. The van der Waals surface area contributed by atoms with Crippen LogP contribution in [0.25, 0.3) is 11.0 Å². The lowest BCUT2D eigenvalue weighted by atomic mass is 10.0. The number of nitrogens with one attached hydrogen (secondary N) is 1. The summed E-state index contributed by atoms with van der Waals surface area (Å²) in [5.74, 6) is 0.0434. The molecule has 1 amide bonds. The zero-order chi connectivity index (χ0) is 16.5. The first-order chi connectivity index (χ1) is 11.7. The van der Waals surface area contributed by atoms with Crippen LogP contribution in [0.15, 0.2) is 48.5 Å². The fourth-order valence-electron chi connectivity index (χ4n) is 3.26. The van der Waals surface area contributed by atoms with Crippen LogP contribution >= 0.6 is 0 Å². The highest BCUT2D eigenvalue weighted by Crippen LogP contribution is 2.27. The summed E-state index contributed by atoms with van der Waals surface area (Å²) in [6.07, 6.45) is 0. The summed E-state index contributed by atoms with van der Waals surface area (Å²) in [6.45, 7) is 2.43. The Kier molecular flexibility index (Phi) is 3.74. The predicted octanol–water partition coefficient (Wildman–Crippen LogP) is 2.09. The van der Waals surface area contributed by atoms with Crippen LogP contribution in [-0.4, -0.2) is 57.8 Å². The number of rotatable bonds is 2. The molecule has 6 nitrogen and oxygen atoms in total. The van der Waals surface area contributed by atoms with Crippen LogP contribution in [0.3, 0.4) is 0 Å². The van der Waals surface area contributed by atoms with Crippen molar-refractivity contribution in [1.29, 1.82) is 0 Å². The highest BCUT2D eigenvalue weighted by atomic mass is 16.2. The Morgan fingerprint density at radius 3 is 2.71 bits per heavy atom. The molecule has 1 aromatic heterocycles. The number of piperazine rings is 1. The quantitative estimate of drug-likeness (QED) is 0.785. The number of carbonyl (C=O) groups is 1. The molecule has 1 aliphatic rings. The SMILES string of the molecule is CN1CCN(C(=O)c2ccc3n[nH]nc3c2)C(c2ccccc2)C1. The van der Waals surface area contributed by atoms with Gasteiger partial charge in [-0.25, -0.2) is 0 Å². The lowest BCUT2D eigenvalue weighted by Crippen LogP contribution is -2.49. The number of aromatic amines is 1. The Hall–Kier alpha value is -2.73. The van der Waals surface area contributed by atoms with Crippen molar-refractivity contribution in [3.05, 3.63) is 59.7 Å².